The highest BCUT2D eigenvalue weighted by Gasteiger charge is 2.12. The van der Waals surface area contributed by atoms with Gasteiger partial charge in [-0.15, -0.1) is 0 Å². The van der Waals surface area contributed by atoms with Gasteiger partial charge in [0.1, 0.15) is 5.52 Å². The van der Waals surface area contributed by atoms with Gasteiger partial charge in [-0.2, -0.15) is 0 Å². The lowest BCUT2D eigenvalue weighted by Gasteiger charge is -2.07. The van der Waals surface area contributed by atoms with E-state index in [1.54, 1.807) is 0 Å². The van der Waals surface area contributed by atoms with E-state index in [1.807, 2.05) is 55.5 Å². The highest BCUT2D eigenvalue weighted by atomic mass is 16.3. The zero-order valence-electron chi connectivity index (χ0n) is 11.1. The predicted molar refractivity (Wildman–Crippen MR) is 78.4 cm³/mol. The van der Waals surface area contributed by atoms with Crippen molar-refractivity contribution in [1.29, 1.82) is 0 Å². The Kier molecular flexibility index (Phi) is 3.21. The number of rotatable bonds is 3. The quantitative estimate of drug-likeness (QED) is 0.783. The Morgan fingerprint density at radius 3 is 2.70 bits per heavy atom. The van der Waals surface area contributed by atoms with Crippen LogP contribution in [0.4, 0.5) is 5.69 Å². The van der Waals surface area contributed by atoms with Gasteiger partial charge < -0.3 is 9.73 Å². The average molecular weight is 266 g/mol. The number of carbonyl (C=O) groups is 1. The van der Waals surface area contributed by atoms with Crippen LogP contribution in [0.15, 0.2) is 52.9 Å². The van der Waals surface area contributed by atoms with Crippen molar-refractivity contribution in [1.82, 2.24) is 4.98 Å². The molecule has 3 aromatic rings. The van der Waals surface area contributed by atoms with Crippen molar-refractivity contribution in [2.75, 3.05) is 5.32 Å². The number of hydrogen-bond donors (Lipinski definition) is 1. The van der Waals surface area contributed by atoms with Crippen LogP contribution in [0.25, 0.3) is 22.6 Å². The summed E-state index contributed by atoms with van der Waals surface area (Å²) in [7, 11) is 0. The number of aromatic nitrogens is 1. The van der Waals surface area contributed by atoms with E-state index in [1.165, 1.54) is 0 Å². The molecule has 4 heteroatoms. The Morgan fingerprint density at radius 2 is 1.90 bits per heavy atom. The minimum absolute atomic E-state index is 0.0337. The van der Waals surface area contributed by atoms with Crippen molar-refractivity contribution in [2.24, 2.45) is 0 Å². The fourth-order valence-electron chi connectivity index (χ4n) is 2.00. The van der Waals surface area contributed by atoms with Gasteiger partial charge >= 0.3 is 0 Å². The maximum absolute atomic E-state index is 11.6. The Morgan fingerprint density at radius 1 is 1.15 bits per heavy atom. The third kappa shape index (κ3) is 2.28. The molecular formula is C16H14N2O2. The van der Waals surface area contributed by atoms with E-state index in [-0.39, 0.29) is 5.91 Å². The van der Waals surface area contributed by atoms with Crippen molar-refractivity contribution in [3.8, 4) is 11.5 Å². The first-order valence-electron chi connectivity index (χ1n) is 6.52. The number of oxazole rings is 1. The number of fused-ring (bicyclic) bond motifs is 1. The molecule has 0 unspecified atom stereocenters. The summed E-state index contributed by atoms with van der Waals surface area (Å²) < 4.78 is 5.75. The topological polar surface area (TPSA) is 55.1 Å². The molecule has 0 fully saturated rings. The number of para-hydroxylation sites is 3. The minimum atomic E-state index is -0.0337. The highest BCUT2D eigenvalue weighted by Crippen LogP contribution is 2.29. The summed E-state index contributed by atoms with van der Waals surface area (Å²) in [5.74, 6) is 0.478. The number of nitrogens with zero attached hydrogens (tertiary/aromatic N) is 1. The second-order valence-corrected chi connectivity index (χ2v) is 4.43. The van der Waals surface area contributed by atoms with E-state index in [0.717, 1.165) is 16.7 Å². The lowest BCUT2D eigenvalue weighted by molar-refractivity contribution is -0.115. The van der Waals surface area contributed by atoms with Crippen molar-refractivity contribution < 1.29 is 9.21 Å². The van der Waals surface area contributed by atoms with Crippen molar-refractivity contribution >= 4 is 22.7 Å². The first-order valence-corrected chi connectivity index (χ1v) is 6.52. The molecule has 1 aromatic heterocycles. The molecule has 4 nitrogen and oxygen atoms in total. The van der Waals surface area contributed by atoms with Gasteiger partial charge in [0.15, 0.2) is 5.58 Å². The molecule has 0 aliphatic heterocycles. The van der Waals surface area contributed by atoms with Crippen LogP contribution in [0, 0.1) is 0 Å². The molecule has 20 heavy (non-hydrogen) atoms. The largest absolute Gasteiger partial charge is 0.436 e. The molecule has 1 amide bonds. The molecule has 0 radical (unpaired) electrons. The minimum Gasteiger partial charge on any atom is -0.436 e. The van der Waals surface area contributed by atoms with E-state index in [2.05, 4.69) is 10.3 Å². The van der Waals surface area contributed by atoms with E-state index < -0.39 is 0 Å². The maximum atomic E-state index is 11.6. The molecule has 0 aliphatic rings. The number of benzene rings is 2. The van der Waals surface area contributed by atoms with Crippen LogP contribution in [0.1, 0.15) is 13.3 Å². The number of carbonyl (C=O) groups excluding carboxylic acids is 1. The molecule has 0 spiro atoms. The van der Waals surface area contributed by atoms with Gasteiger partial charge in [-0.05, 0) is 24.3 Å². The van der Waals surface area contributed by atoms with E-state index in [0.29, 0.717) is 18.0 Å². The number of anilines is 1. The second-order valence-electron chi connectivity index (χ2n) is 4.43. The van der Waals surface area contributed by atoms with Crippen molar-refractivity contribution in [3.63, 3.8) is 0 Å². The molecule has 100 valence electrons. The summed E-state index contributed by atoms with van der Waals surface area (Å²) in [6.45, 7) is 1.82. The SMILES string of the molecule is CCC(=O)Nc1ccccc1-c1nc2ccccc2o1. The van der Waals surface area contributed by atoms with Gasteiger partial charge in [-0.1, -0.05) is 31.2 Å². The fourth-order valence-corrected chi connectivity index (χ4v) is 2.00. The lowest BCUT2D eigenvalue weighted by atomic mass is 10.1. The monoisotopic (exact) mass is 266 g/mol. The molecular weight excluding hydrogens is 252 g/mol. The summed E-state index contributed by atoms with van der Waals surface area (Å²) in [5, 5.41) is 2.86. The Hall–Kier alpha value is -2.62. The van der Waals surface area contributed by atoms with Gasteiger partial charge in [-0.3, -0.25) is 4.79 Å². The van der Waals surface area contributed by atoms with E-state index in [4.69, 9.17) is 4.42 Å². The van der Waals surface area contributed by atoms with Gasteiger partial charge in [0.2, 0.25) is 11.8 Å². The third-order valence-electron chi connectivity index (χ3n) is 3.05. The normalized spacial score (nSPS) is 10.7. The van der Waals surface area contributed by atoms with Gasteiger partial charge in [-0.25, -0.2) is 4.98 Å². The second kappa shape index (κ2) is 5.17. The summed E-state index contributed by atoms with van der Waals surface area (Å²) in [4.78, 5) is 16.0. The molecule has 0 atom stereocenters. The van der Waals surface area contributed by atoms with E-state index >= 15 is 0 Å². The Labute approximate surface area is 116 Å². The first-order chi connectivity index (χ1) is 9.78. The van der Waals surface area contributed by atoms with Gasteiger partial charge in [0.25, 0.3) is 0 Å². The van der Waals surface area contributed by atoms with Crippen molar-refractivity contribution in [2.45, 2.75) is 13.3 Å². The molecule has 0 bridgehead atoms. The Bertz CT molecular complexity index is 729. The van der Waals surface area contributed by atoms with Crippen LogP contribution in [-0.4, -0.2) is 10.9 Å². The average Bonchev–Trinajstić information content (AvgIpc) is 2.91. The standard InChI is InChI=1S/C16H14N2O2/c1-2-15(19)17-12-8-4-3-7-11(12)16-18-13-9-5-6-10-14(13)20-16/h3-10H,2H2,1H3,(H,17,19). The van der Waals surface area contributed by atoms with Crippen LogP contribution in [0.3, 0.4) is 0 Å². The third-order valence-corrected chi connectivity index (χ3v) is 3.05. The first kappa shape index (κ1) is 12.4. The predicted octanol–water partition coefficient (Wildman–Crippen LogP) is 3.84. The van der Waals surface area contributed by atoms with Crippen LogP contribution >= 0.6 is 0 Å². The lowest BCUT2D eigenvalue weighted by Crippen LogP contribution is -2.10. The fraction of sp³-hybridized carbons (Fsp3) is 0.125. The van der Waals surface area contributed by atoms with Crippen LogP contribution in [0.2, 0.25) is 0 Å². The van der Waals surface area contributed by atoms with Crippen molar-refractivity contribution in [3.05, 3.63) is 48.5 Å². The molecule has 1 heterocycles. The number of hydrogen-bond acceptors (Lipinski definition) is 3. The van der Waals surface area contributed by atoms with E-state index in [9.17, 15) is 4.79 Å². The molecule has 0 saturated heterocycles. The Balaban J connectivity index is 2.07. The zero-order chi connectivity index (χ0) is 13.9. The molecule has 1 N–H and O–H groups in total. The summed E-state index contributed by atoms with van der Waals surface area (Å²) >= 11 is 0. The maximum Gasteiger partial charge on any atom is 0.229 e. The van der Waals surface area contributed by atoms with Crippen LogP contribution < -0.4 is 5.32 Å². The molecule has 0 aliphatic carbocycles. The van der Waals surface area contributed by atoms with Crippen LogP contribution in [-0.2, 0) is 4.79 Å². The summed E-state index contributed by atoms with van der Waals surface area (Å²) in [6.07, 6.45) is 0.432. The number of nitrogens with one attached hydrogen (secondary N) is 1. The van der Waals surface area contributed by atoms with Gasteiger partial charge in [0.05, 0.1) is 11.3 Å². The smallest absolute Gasteiger partial charge is 0.229 e. The van der Waals surface area contributed by atoms with Gasteiger partial charge in [0, 0.05) is 6.42 Å². The zero-order valence-corrected chi connectivity index (χ0v) is 11.1. The number of amides is 1. The summed E-state index contributed by atoms with van der Waals surface area (Å²) in [5.41, 5.74) is 3.04. The molecule has 0 saturated carbocycles. The highest BCUT2D eigenvalue weighted by molar-refractivity contribution is 5.94. The van der Waals surface area contributed by atoms with Crippen LogP contribution in [0.5, 0.6) is 0 Å². The molecule has 2 aromatic carbocycles. The summed E-state index contributed by atoms with van der Waals surface area (Å²) in [6, 6.07) is 15.1. The molecule has 3 rings (SSSR count).